The molecule has 0 bridgehead atoms. The monoisotopic (exact) mass is 299 g/mol. The van der Waals surface area contributed by atoms with Crippen LogP contribution in [0.1, 0.15) is 0 Å². The number of ether oxygens (including phenoxy) is 2. The van der Waals surface area contributed by atoms with Gasteiger partial charge in [0, 0.05) is 17.1 Å². The molecule has 0 saturated heterocycles. The van der Waals surface area contributed by atoms with Crippen molar-refractivity contribution in [2.75, 3.05) is 19.5 Å². The Hall–Kier alpha value is -2.89. The quantitative estimate of drug-likeness (QED) is 0.747. The standard InChI is InChI=1S/C16H14FN3O2/c1-21-13-8-11-12(9-14(13)22-2)19-16(17)20-15(11)18-10-6-4-3-5-7-10/h3-9H,1-2H3,(H,18,19,20). The molecule has 5 nitrogen and oxygen atoms in total. The molecule has 2 aromatic carbocycles. The SMILES string of the molecule is COc1cc2nc(F)nc(Nc3ccccc3)c2cc1OC. The van der Waals surface area contributed by atoms with Crippen molar-refractivity contribution in [3.05, 3.63) is 48.5 Å². The molecule has 1 aromatic heterocycles. The van der Waals surface area contributed by atoms with Crippen LogP contribution in [0.25, 0.3) is 10.9 Å². The Labute approximate surface area is 126 Å². The number of methoxy groups -OCH3 is 2. The molecule has 22 heavy (non-hydrogen) atoms. The molecule has 112 valence electrons. The van der Waals surface area contributed by atoms with E-state index in [0.717, 1.165) is 5.69 Å². The molecule has 3 aromatic rings. The third-order valence-electron chi connectivity index (χ3n) is 3.21. The summed E-state index contributed by atoms with van der Waals surface area (Å²) in [6, 6.07) is 12.7. The van der Waals surface area contributed by atoms with E-state index in [1.807, 2.05) is 30.3 Å². The summed E-state index contributed by atoms with van der Waals surface area (Å²) in [4.78, 5) is 7.65. The lowest BCUT2D eigenvalue weighted by molar-refractivity contribution is 0.355. The Bertz CT molecular complexity index is 809. The molecule has 0 fully saturated rings. The molecule has 0 atom stereocenters. The number of rotatable bonds is 4. The van der Waals surface area contributed by atoms with E-state index in [4.69, 9.17) is 9.47 Å². The Morgan fingerprint density at radius 2 is 1.64 bits per heavy atom. The second kappa shape index (κ2) is 5.85. The number of halogens is 1. The minimum absolute atomic E-state index is 0.370. The van der Waals surface area contributed by atoms with Crippen LogP contribution < -0.4 is 14.8 Å². The van der Waals surface area contributed by atoms with Crippen molar-refractivity contribution in [3.63, 3.8) is 0 Å². The average molecular weight is 299 g/mol. The van der Waals surface area contributed by atoms with Crippen molar-refractivity contribution in [1.29, 1.82) is 0 Å². The summed E-state index contributed by atoms with van der Waals surface area (Å²) in [5.74, 6) is 1.38. The number of para-hydroxylation sites is 1. The molecule has 0 spiro atoms. The van der Waals surface area contributed by atoms with Gasteiger partial charge < -0.3 is 14.8 Å². The number of hydrogen-bond donors (Lipinski definition) is 1. The van der Waals surface area contributed by atoms with Gasteiger partial charge in [0.25, 0.3) is 0 Å². The van der Waals surface area contributed by atoms with Gasteiger partial charge >= 0.3 is 6.08 Å². The fourth-order valence-corrected chi connectivity index (χ4v) is 2.18. The highest BCUT2D eigenvalue weighted by Crippen LogP contribution is 2.34. The lowest BCUT2D eigenvalue weighted by Crippen LogP contribution is -2.01. The number of benzene rings is 2. The summed E-state index contributed by atoms with van der Waals surface area (Å²) >= 11 is 0. The zero-order valence-electron chi connectivity index (χ0n) is 12.1. The molecule has 3 rings (SSSR count). The maximum Gasteiger partial charge on any atom is 0.311 e. The van der Waals surface area contributed by atoms with Crippen molar-refractivity contribution in [2.24, 2.45) is 0 Å². The first kappa shape index (κ1) is 14.1. The molecule has 0 aliphatic carbocycles. The summed E-state index contributed by atoms with van der Waals surface area (Å²) in [7, 11) is 3.06. The summed E-state index contributed by atoms with van der Waals surface area (Å²) in [5, 5.41) is 3.73. The van der Waals surface area contributed by atoms with Gasteiger partial charge in [-0.2, -0.15) is 9.37 Å². The van der Waals surface area contributed by atoms with Gasteiger partial charge in [0.15, 0.2) is 11.5 Å². The van der Waals surface area contributed by atoms with Crippen molar-refractivity contribution >= 4 is 22.4 Å². The van der Waals surface area contributed by atoms with Crippen molar-refractivity contribution < 1.29 is 13.9 Å². The van der Waals surface area contributed by atoms with E-state index in [0.29, 0.717) is 28.2 Å². The topological polar surface area (TPSA) is 56.3 Å². The Morgan fingerprint density at radius 3 is 2.32 bits per heavy atom. The fourth-order valence-electron chi connectivity index (χ4n) is 2.18. The maximum absolute atomic E-state index is 13.7. The first-order valence-corrected chi connectivity index (χ1v) is 6.62. The number of nitrogens with zero attached hydrogens (tertiary/aromatic N) is 2. The zero-order chi connectivity index (χ0) is 15.5. The van der Waals surface area contributed by atoms with E-state index in [2.05, 4.69) is 15.3 Å². The molecule has 0 saturated carbocycles. The zero-order valence-corrected chi connectivity index (χ0v) is 12.1. The maximum atomic E-state index is 13.7. The van der Waals surface area contributed by atoms with Crippen LogP contribution >= 0.6 is 0 Å². The van der Waals surface area contributed by atoms with E-state index in [1.165, 1.54) is 7.11 Å². The highest BCUT2D eigenvalue weighted by molar-refractivity contribution is 5.93. The first-order chi connectivity index (χ1) is 10.7. The van der Waals surface area contributed by atoms with Crippen molar-refractivity contribution in [2.45, 2.75) is 0 Å². The summed E-state index contributed by atoms with van der Waals surface area (Å²) < 4.78 is 24.2. The smallest absolute Gasteiger partial charge is 0.311 e. The molecule has 0 aliphatic heterocycles. The van der Waals surface area contributed by atoms with E-state index in [1.54, 1.807) is 19.2 Å². The Balaban J connectivity index is 2.16. The van der Waals surface area contributed by atoms with Gasteiger partial charge in [-0.05, 0) is 18.2 Å². The van der Waals surface area contributed by atoms with Crippen LogP contribution in [0.3, 0.4) is 0 Å². The summed E-state index contributed by atoms with van der Waals surface area (Å²) in [5.41, 5.74) is 1.24. The van der Waals surface area contributed by atoms with Crippen LogP contribution in [0.2, 0.25) is 0 Å². The second-order valence-electron chi connectivity index (χ2n) is 4.56. The van der Waals surface area contributed by atoms with Crippen LogP contribution in [-0.2, 0) is 0 Å². The van der Waals surface area contributed by atoms with Gasteiger partial charge in [0.05, 0.1) is 19.7 Å². The minimum Gasteiger partial charge on any atom is -0.493 e. The molecule has 0 aliphatic rings. The highest BCUT2D eigenvalue weighted by atomic mass is 19.1. The number of hydrogen-bond acceptors (Lipinski definition) is 5. The van der Waals surface area contributed by atoms with Gasteiger partial charge in [0.2, 0.25) is 0 Å². The van der Waals surface area contributed by atoms with Crippen LogP contribution in [-0.4, -0.2) is 24.2 Å². The van der Waals surface area contributed by atoms with Gasteiger partial charge in [-0.3, -0.25) is 0 Å². The molecular formula is C16H14FN3O2. The minimum atomic E-state index is -0.807. The normalized spacial score (nSPS) is 10.5. The van der Waals surface area contributed by atoms with Crippen LogP contribution in [0.5, 0.6) is 11.5 Å². The van der Waals surface area contributed by atoms with Crippen molar-refractivity contribution in [3.8, 4) is 11.5 Å². The number of anilines is 2. The lowest BCUT2D eigenvalue weighted by atomic mass is 10.2. The lowest BCUT2D eigenvalue weighted by Gasteiger charge is -2.12. The van der Waals surface area contributed by atoms with Crippen LogP contribution in [0.15, 0.2) is 42.5 Å². The van der Waals surface area contributed by atoms with E-state index in [-0.39, 0.29) is 0 Å². The number of aromatic nitrogens is 2. The number of fused-ring (bicyclic) bond motifs is 1. The Morgan fingerprint density at radius 1 is 0.955 bits per heavy atom. The molecule has 0 unspecified atom stereocenters. The molecule has 1 N–H and O–H groups in total. The van der Waals surface area contributed by atoms with E-state index < -0.39 is 6.08 Å². The molecule has 1 heterocycles. The third-order valence-corrected chi connectivity index (χ3v) is 3.21. The molecule has 6 heteroatoms. The predicted molar refractivity (Wildman–Crippen MR) is 82.3 cm³/mol. The van der Waals surface area contributed by atoms with Gasteiger partial charge in [-0.15, -0.1) is 0 Å². The van der Waals surface area contributed by atoms with Crippen LogP contribution in [0, 0.1) is 6.08 Å². The highest BCUT2D eigenvalue weighted by Gasteiger charge is 2.13. The van der Waals surface area contributed by atoms with E-state index in [9.17, 15) is 4.39 Å². The van der Waals surface area contributed by atoms with Crippen LogP contribution in [0.4, 0.5) is 15.9 Å². The first-order valence-electron chi connectivity index (χ1n) is 6.62. The fraction of sp³-hybridized carbons (Fsp3) is 0.125. The van der Waals surface area contributed by atoms with Gasteiger partial charge in [-0.25, -0.2) is 4.98 Å². The Kier molecular flexibility index (Phi) is 3.74. The predicted octanol–water partition coefficient (Wildman–Crippen LogP) is 3.53. The molecule has 0 radical (unpaired) electrons. The summed E-state index contributed by atoms with van der Waals surface area (Å²) in [6.45, 7) is 0. The average Bonchev–Trinajstić information content (AvgIpc) is 2.54. The van der Waals surface area contributed by atoms with Crippen molar-refractivity contribution in [1.82, 2.24) is 9.97 Å². The summed E-state index contributed by atoms with van der Waals surface area (Å²) in [6.07, 6.45) is -0.807. The second-order valence-corrected chi connectivity index (χ2v) is 4.56. The number of nitrogens with one attached hydrogen (secondary N) is 1. The van der Waals surface area contributed by atoms with Gasteiger partial charge in [0.1, 0.15) is 5.82 Å². The largest absolute Gasteiger partial charge is 0.493 e. The van der Waals surface area contributed by atoms with Gasteiger partial charge in [-0.1, -0.05) is 18.2 Å². The third kappa shape index (κ3) is 2.63. The molecule has 0 amide bonds. The van der Waals surface area contributed by atoms with E-state index >= 15 is 0 Å². The molecular weight excluding hydrogens is 285 g/mol.